The Labute approximate surface area is 197 Å². The Balaban J connectivity index is 1.36. The first kappa shape index (κ1) is 23.0. The van der Waals surface area contributed by atoms with Crippen LogP contribution in [0.1, 0.15) is 27.9 Å². The molecular weight excluding hydrogens is 436 g/mol. The first-order valence-corrected chi connectivity index (χ1v) is 10.8. The maximum absolute atomic E-state index is 12.8. The molecule has 2 amide bonds. The van der Waals surface area contributed by atoms with Gasteiger partial charge in [-0.15, -0.1) is 0 Å². The lowest BCUT2D eigenvalue weighted by atomic mass is 10.1. The largest absolute Gasteiger partial charge is 0.497 e. The standard InChI is InChI=1S/C26H26N2O6/c1-31-19-11-17(12-20(14-19)32-2)8-10-25(29)28-22-6-4-3-5-21(22)26(30)27-15-18-7-9-23-24(13-18)34-16-33-23/h3-7,9,11-14H,8,10,15-16H2,1-2H3,(H,27,30)(H,28,29). The van der Waals surface area contributed by atoms with E-state index in [-0.39, 0.29) is 25.0 Å². The summed E-state index contributed by atoms with van der Waals surface area (Å²) in [6, 6.07) is 18.0. The fraction of sp³-hybridized carbons (Fsp3) is 0.231. The van der Waals surface area contributed by atoms with Crippen molar-refractivity contribution in [3.8, 4) is 23.0 Å². The minimum atomic E-state index is -0.286. The van der Waals surface area contributed by atoms with E-state index in [2.05, 4.69) is 10.6 Å². The zero-order valence-electron chi connectivity index (χ0n) is 19.1. The molecule has 1 aliphatic rings. The molecule has 8 heteroatoms. The van der Waals surface area contributed by atoms with Gasteiger partial charge in [-0.2, -0.15) is 0 Å². The molecule has 1 heterocycles. The van der Waals surface area contributed by atoms with E-state index in [0.29, 0.717) is 47.2 Å². The van der Waals surface area contributed by atoms with Crippen molar-refractivity contribution in [3.05, 3.63) is 77.4 Å². The van der Waals surface area contributed by atoms with E-state index in [9.17, 15) is 9.59 Å². The number of hydrogen-bond donors (Lipinski definition) is 2. The Bertz CT molecular complexity index is 1170. The maximum Gasteiger partial charge on any atom is 0.253 e. The predicted octanol–water partition coefficient (Wildman–Crippen LogP) is 3.93. The molecule has 176 valence electrons. The highest BCUT2D eigenvalue weighted by molar-refractivity contribution is 6.03. The summed E-state index contributed by atoms with van der Waals surface area (Å²) >= 11 is 0. The number of anilines is 1. The third kappa shape index (κ3) is 5.58. The van der Waals surface area contributed by atoms with E-state index in [0.717, 1.165) is 11.1 Å². The second kappa shape index (κ2) is 10.6. The maximum atomic E-state index is 12.8. The van der Waals surface area contributed by atoms with Crippen LogP contribution >= 0.6 is 0 Å². The van der Waals surface area contributed by atoms with Gasteiger partial charge in [-0.05, 0) is 53.9 Å². The molecule has 0 spiro atoms. The number of methoxy groups -OCH3 is 2. The van der Waals surface area contributed by atoms with E-state index in [1.54, 1.807) is 44.6 Å². The normalized spacial score (nSPS) is 11.6. The highest BCUT2D eigenvalue weighted by atomic mass is 16.7. The number of hydrogen-bond acceptors (Lipinski definition) is 6. The molecule has 0 radical (unpaired) electrons. The number of nitrogens with one attached hydrogen (secondary N) is 2. The van der Waals surface area contributed by atoms with E-state index in [1.165, 1.54) is 0 Å². The lowest BCUT2D eigenvalue weighted by Crippen LogP contribution is -2.25. The van der Waals surface area contributed by atoms with Crippen LogP contribution in [0.25, 0.3) is 0 Å². The number of benzene rings is 3. The molecule has 0 aliphatic carbocycles. The van der Waals surface area contributed by atoms with Crippen LogP contribution in [0.3, 0.4) is 0 Å². The van der Waals surface area contributed by atoms with Gasteiger partial charge in [0.2, 0.25) is 12.7 Å². The number of carbonyl (C=O) groups is 2. The molecule has 0 atom stereocenters. The van der Waals surface area contributed by atoms with Gasteiger partial charge in [-0.1, -0.05) is 18.2 Å². The van der Waals surface area contributed by atoms with Gasteiger partial charge in [0.1, 0.15) is 11.5 Å². The zero-order valence-corrected chi connectivity index (χ0v) is 19.1. The Kier molecular flexibility index (Phi) is 7.17. The summed E-state index contributed by atoms with van der Waals surface area (Å²) in [5, 5.41) is 5.74. The molecule has 0 unspecified atom stereocenters. The Morgan fingerprint density at radius 2 is 1.62 bits per heavy atom. The minimum Gasteiger partial charge on any atom is -0.497 e. The van der Waals surface area contributed by atoms with Gasteiger partial charge in [0, 0.05) is 19.0 Å². The number of rotatable bonds is 9. The summed E-state index contributed by atoms with van der Waals surface area (Å²) in [7, 11) is 3.17. The highest BCUT2D eigenvalue weighted by Crippen LogP contribution is 2.32. The number of para-hydroxylation sites is 1. The first-order chi connectivity index (χ1) is 16.6. The highest BCUT2D eigenvalue weighted by Gasteiger charge is 2.16. The molecule has 0 bridgehead atoms. The quantitative estimate of drug-likeness (QED) is 0.500. The van der Waals surface area contributed by atoms with Crippen molar-refractivity contribution in [1.82, 2.24) is 5.32 Å². The summed E-state index contributed by atoms with van der Waals surface area (Å²) in [5.41, 5.74) is 2.65. The Morgan fingerprint density at radius 1 is 0.882 bits per heavy atom. The van der Waals surface area contributed by atoms with Crippen molar-refractivity contribution in [2.45, 2.75) is 19.4 Å². The van der Waals surface area contributed by atoms with Crippen LogP contribution in [0.15, 0.2) is 60.7 Å². The Morgan fingerprint density at radius 3 is 2.38 bits per heavy atom. The van der Waals surface area contributed by atoms with Crippen LogP contribution in [-0.2, 0) is 17.8 Å². The number of ether oxygens (including phenoxy) is 4. The summed E-state index contributed by atoms with van der Waals surface area (Å²) in [6.45, 7) is 0.513. The topological polar surface area (TPSA) is 95.1 Å². The van der Waals surface area contributed by atoms with Crippen molar-refractivity contribution >= 4 is 17.5 Å². The monoisotopic (exact) mass is 462 g/mol. The van der Waals surface area contributed by atoms with Gasteiger partial charge in [0.25, 0.3) is 5.91 Å². The molecule has 8 nitrogen and oxygen atoms in total. The fourth-order valence-corrected chi connectivity index (χ4v) is 3.60. The molecule has 2 N–H and O–H groups in total. The van der Waals surface area contributed by atoms with Crippen molar-refractivity contribution in [2.75, 3.05) is 26.3 Å². The summed E-state index contributed by atoms with van der Waals surface area (Å²) in [4.78, 5) is 25.5. The van der Waals surface area contributed by atoms with Gasteiger partial charge in [-0.25, -0.2) is 0 Å². The van der Waals surface area contributed by atoms with Crippen LogP contribution in [0, 0.1) is 0 Å². The summed E-state index contributed by atoms with van der Waals surface area (Å²) < 4.78 is 21.2. The fourth-order valence-electron chi connectivity index (χ4n) is 3.60. The molecule has 4 rings (SSSR count). The third-order valence-corrected chi connectivity index (χ3v) is 5.39. The molecule has 3 aromatic carbocycles. The lowest BCUT2D eigenvalue weighted by molar-refractivity contribution is -0.116. The second-order valence-electron chi connectivity index (χ2n) is 7.68. The minimum absolute atomic E-state index is 0.196. The molecule has 0 saturated carbocycles. The molecule has 0 fully saturated rings. The van der Waals surface area contributed by atoms with Crippen LogP contribution in [0.5, 0.6) is 23.0 Å². The second-order valence-corrected chi connectivity index (χ2v) is 7.68. The lowest BCUT2D eigenvalue weighted by Gasteiger charge is -2.12. The van der Waals surface area contributed by atoms with Gasteiger partial charge in [0.15, 0.2) is 11.5 Å². The van der Waals surface area contributed by atoms with Crippen LogP contribution < -0.4 is 29.6 Å². The smallest absolute Gasteiger partial charge is 0.253 e. The van der Waals surface area contributed by atoms with Crippen molar-refractivity contribution in [2.24, 2.45) is 0 Å². The summed E-state index contributed by atoms with van der Waals surface area (Å²) in [5.74, 6) is 2.20. The van der Waals surface area contributed by atoms with E-state index < -0.39 is 0 Å². The van der Waals surface area contributed by atoms with E-state index >= 15 is 0 Å². The van der Waals surface area contributed by atoms with Crippen molar-refractivity contribution in [1.29, 1.82) is 0 Å². The van der Waals surface area contributed by atoms with Gasteiger partial charge in [-0.3, -0.25) is 9.59 Å². The molecule has 0 saturated heterocycles. The zero-order chi connectivity index (χ0) is 23.9. The van der Waals surface area contributed by atoms with Crippen molar-refractivity contribution in [3.63, 3.8) is 0 Å². The number of carbonyl (C=O) groups excluding carboxylic acids is 2. The number of aryl methyl sites for hydroxylation is 1. The van der Waals surface area contributed by atoms with Crippen LogP contribution in [-0.4, -0.2) is 32.8 Å². The van der Waals surface area contributed by atoms with Gasteiger partial charge >= 0.3 is 0 Å². The third-order valence-electron chi connectivity index (χ3n) is 5.39. The summed E-state index contributed by atoms with van der Waals surface area (Å²) in [6.07, 6.45) is 0.737. The van der Waals surface area contributed by atoms with Gasteiger partial charge in [0.05, 0.1) is 25.5 Å². The van der Waals surface area contributed by atoms with Crippen LogP contribution in [0.4, 0.5) is 5.69 Å². The molecule has 3 aromatic rings. The molecule has 0 aromatic heterocycles. The molecular formula is C26H26N2O6. The average molecular weight is 463 g/mol. The first-order valence-electron chi connectivity index (χ1n) is 10.8. The Hall–Kier alpha value is -4.20. The van der Waals surface area contributed by atoms with Gasteiger partial charge < -0.3 is 29.6 Å². The average Bonchev–Trinajstić information content (AvgIpc) is 3.34. The predicted molar refractivity (Wildman–Crippen MR) is 127 cm³/mol. The SMILES string of the molecule is COc1cc(CCC(=O)Nc2ccccc2C(=O)NCc2ccc3c(c2)OCO3)cc(OC)c1. The van der Waals surface area contributed by atoms with Crippen molar-refractivity contribution < 1.29 is 28.5 Å². The number of fused-ring (bicyclic) bond motifs is 1. The number of amides is 2. The van der Waals surface area contributed by atoms with Crippen LogP contribution in [0.2, 0.25) is 0 Å². The van der Waals surface area contributed by atoms with E-state index in [4.69, 9.17) is 18.9 Å². The van der Waals surface area contributed by atoms with E-state index in [1.807, 2.05) is 30.3 Å². The molecule has 34 heavy (non-hydrogen) atoms. The molecule has 1 aliphatic heterocycles.